The van der Waals surface area contributed by atoms with Crippen LogP contribution in [0.1, 0.15) is 22.8 Å². The van der Waals surface area contributed by atoms with Gasteiger partial charge in [-0.2, -0.15) is 13.2 Å². The van der Waals surface area contributed by atoms with Crippen molar-refractivity contribution in [1.82, 2.24) is 0 Å². The number of hydrogen-bond donors (Lipinski definition) is 0. The lowest BCUT2D eigenvalue weighted by atomic mass is 10.1. The molecule has 0 amide bonds. The lowest BCUT2D eigenvalue weighted by Gasteiger charge is -2.11. The lowest BCUT2D eigenvalue weighted by Crippen LogP contribution is -2.14. The first-order valence-corrected chi connectivity index (χ1v) is 5.23. The Balaban J connectivity index is 3.14. The molecule has 0 unspecified atom stereocenters. The molecule has 0 radical (unpaired) electrons. The molecule has 8 heteroatoms. The standard InChI is InChI=1S/C11H7ClF4O3/c1-5(17)19-4-9(18)6-2-7(11(14,15)16)10(12)8(13)3-6/h2-3H,4H2,1H3. The topological polar surface area (TPSA) is 43.4 Å². The smallest absolute Gasteiger partial charge is 0.417 e. The van der Waals surface area contributed by atoms with Crippen molar-refractivity contribution < 1.29 is 31.9 Å². The van der Waals surface area contributed by atoms with Crippen LogP contribution in [0.4, 0.5) is 17.6 Å². The van der Waals surface area contributed by atoms with Crippen LogP contribution in [0.15, 0.2) is 12.1 Å². The number of carbonyl (C=O) groups is 2. The van der Waals surface area contributed by atoms with Crippen LogP contribution in [-0.2, 0) is 15.7 Å². The van der Waals surface area contributed by atoms with Crippen LogP contribution in [0, 0.1) is 5.82 Å². The van der Waals surface area contributed by atoms with Gasteiger partial charge in [0.05, 0.1) is 10.6 Å². The van der Waals surface area contributed by atoms with Crippen molar-refractivity contribution in [2.75, 3.05) is 6.61 Å². The van der Waals surface area contributed by atoms with Crippen LogP contribution in [0.25, 0.3) is 0 Å². The maximum absolute atomic E-state index is 13.2. The summed E-state index contributed by atoms with van der Waals surface area (Å²) in [5.74, 6) is -3.11. The van der Waals surface area contributed by atoms with Crippen molar-refractivity contribution in [3.63, 3.8) is 0 Å². The Hall–Kier alpha value is -1.63. The molecule has 1 rings (SSSR count). The zero-order valence-corrected chi connectivity index (χ0v) is 10.2. The van der Waals surface area contributed by atoms with Gasteiger partial charge in [-0.1, -0.05) is 11.6 Å². The normalized spacial score (nSPS) is 11.3. The SMILES string of the molecule is CC(=O)OCC(=O)c1cc(F)c(Cl)c(C(F)(F)F)c1. The molecule has 1 aromatic carbocycles. The van der Waals surface area contributed by atoms with Crippen LogP contribution >= 0.6 is 11.6 Å². The third-order valence-electron chi connectivity index (χ3n) is 2.06. The number of alkyl halides is 3. The summed E-state index contributed by atoms with van der Waals surface area (Å²) in [5.41, 5.74) is -2.03. The average Bonchev–Trinajstić information content (AvgIpc) is 2.27. The molecule has 0 bridgehead atoms. The first kappa shape index (κ1) is 15.4. The highest BCUT2D eigenvalue weighted by Gasteiger charge is 2.35. The maximum atomic E-state index is 13.2. The minimum Gasteiger partial charge on any atom is -0.457 e. The molecule has 0 saturated heterocycles. The van der Waals surface area contributed by atoms with E-state index in [4.69, 9.17) is 11.6 Å². The Morgan fingerprint density at radius 2 is 1.89 bits per heavy atom. The first-order chi connectivity index (χ1) is 8.62. The molecule has 0 N–H and O–H groups in total. The predicted octanol–water partition coefficient (Wildman–Crippen LogP) is 3.24. The van der Waals surface area contributed by atoms with Crippen LogP contribution in [0.5, 0.6) is 0 Å². The van der Waals surface area contributed by atoms with E-state index >= 15 is 0 Å². The van der Waals surface area contributed by atoms with Crippen molar-refractivity contribution in [1.29, 1.82) is 0 Å². The first-order valence-electron chi connectivity index (χ1n) is 4.85. The summed E-state index contributed by atoms with van der Waals surface area (Å²) in [6.07, 6.45) is -4.89. The quantitative estimate of drug-likeness (QED) is 0.489. The fraction of sp³-hybridized carbons (Fsp3) is 0.273. The van der Waals surface area contributed by atoms with Gasteiger partial charge in [-0.3, -0.25) is 9.59 Å². The number of Topliss-reactive ketones (excluding diaryl/α,β-unsaturated/α-hetero) is 1. The molecule has 19 heavy (non-hydrogen) atoms. The highest BCUT2D eigenvalue weighted by Crippen LogP contribution is 2.36. The third-order valence-corrected chi connectivity index (χ3v) is 2.45. The fourth-order valence-corrected chi connectivity index (χ4v) is 1.42. The van der Waals surface area contributed by atoms with E-state index in [0.717, 1.165) is 6.92 Å². The van der Waals surface area contributed by atoms with Gasteiger partial charge in [0.1, 0.15) is 5.82 Å². The van der Waals surface area contributed by atoms with Crippen molar-refractivity contribution in [3.05, 3.63) is 34.1 Å². The van der Waals surface area contributed by atoms with Crippen molar-refractivity contribution in [2.24, 2.45) is 0 Å². The summed E-state index contributed by atoms with van der Waals surface area (Å²) >= 11 is 5.19. The van der Waals surface area contributed by atoms with Gasteiger partial charge in [-0.15, -0.1) is 0 Å². The molecule has 0 spiro atoms. The average molecular weight is 299 g/mol. The Bertz CT molecular complexity index is 525. The van der Waals surface area contributed by atoms with Gasteiger partial charge in [0.2, 0.25) is 0 Å². The van der Waals surface area contributed by atoms with E-state index in [1.807, 2.05) is 0 Å². The predicted molar refractivity (Wildman–Crippen MR) is 57.4 cm³/mol. The Kier molecular flexibility index (Phi) is 4.52. The molecular formula is C11H7ClF4O3. The monoisotopic (exact) mass is 298 g/mol. The second-order valence-electron chi connectivity index (χ2n) is 3.52. The molecule has 1 aromatic rings. The van der Waals surface area contributed by atoms with E-state index in [-0.39, 0.29) is 0 Å². The molecule has 0 aliphatic carbocycles. The summed E-state index contributed by atoms with van der Waals surface area (Å²) in [4.78, 5) is 21.9. The molecule has 0 aromatic heterocycles. The number of ketones is 1. The number of halogens is 5. The van der Waals surface area contributed by atoms with E-state index in [1.54, 1.807) is 0 Å². The van der Waals surface area contributed by atoms with E-state index in [2.05, 4.69) is 4.74 Å². The highest BCUT2D eigenvalue weighted by molar-refractivity contribution is 6.31. The number of rotatable bonds is 3. The van der Waals surface area contributed by atoms with Gasteiger partial charge < -0.3 is 4.74 Å². The summed E-state index contributed by atoms with van der Waals surface area (Å²) in [6.45, 7) is 0.255. The van der Waals surface area contributed by atoms with Gasteiger partial charge in [0, 0.05) is 12.5 Å². The van der Waals surface area contributed by atoms with Crippen LogP contribution < -0.4 is 0 Å². The Morgan fingerprint density at radius 3 is 2.37 bits per heavy atom. The Labute approximate surface area is 110 Å². The lowest BCUT2D eigenvalue weighted by molar-refractivity contribution is -0.140. The maximum Gasteiger partial charge on any atom is 0.417 e. The van der Waals surface area contributed by atoms with Crippen molar-refractivity contribution in [3.8, 4) is 0 Å². The molecule has 0 fully saturated rings. The zero-order chi connectivity index (χ0) is 14.8. The summed E-state index contributed by atoms with van der Waals surface area (Å²) in [7, 11) is 0. The molecule has 0 aliphatic rings. The molecular weight excluding hydrogens is 292 g/mol. The van der Waals surface area contributed by atoms with Crippen molar-refractivity contribution >= 4 is 23.4 Å². The summed E-state index contributed by atoms with van der Waals surface area (Å²) in [5, 5.41) is -1.11. The van der Waals surface area contributed by atoms with Crippen LogP contribution in [-0.4, -0.2) is 18.4 Å². The second kappa shape index (κ2) is 5.56. The molecule has 0 saturated carbocycles. The van der Waals surface area contributed by atoms with Gasteiger partial charge >= 0.3 is 12.1 Å². The summed E-state index contributed by atoms with van der Waals surface area (Å²) in [6, 6.07) is 0.973. The molecule has 3 nitrogen and oxygen atoms in total. The van der Waals surface area contributed by atoms with Gasteiger partial charge in [0.25, 0.3) is 0 Å². The van der Waals surface area contributed by atoms with Crippen molar-refractivity contribution in [2.45, 2.75) is 13.1 Å². The molecule has 0 aliphatic heterocycles. The fourth-order valence-electron chi connectivity index (χ4n) is 1.21. The number of ether oxygens (including phenoxy) is 1. The molecule has 104 valence electrons. The van der Waals surface area contributed by atoms with E-state index in [9.17, 15) is 27.2 Å². The van der Waals surface area contributed by atoms with Crippen LogP contribution in [0.3, 0.4) is 0 Å². The number of hydrogen-bond acceptors (Lipinski definition) is 3. The van der Waals surface area contributed by atoms with Gasteiger partial charge in [-0.25, -0.2) is 4.39 Å². The number of carbonyl (C=O) groups excluding carboxylic acids is 2. The zero-order valence-electron chi connectivity index (χ0n) is 9.48. The highest BCUT2D eigenvalue weighted by atomic mass is 35.5. The minimum absolute atomic E-state index is 0.414. The second-order valence-corrected chi connectivity index (χ2v) is 3.90. The van der Waals surface area contributed by atoms with E-state index < -0.39 is 46.5 Å². The largest absolute Gasteiger partial charge is 0.457 e. The van der Waals surface area contributed by atoms with E-state index in [1.165, 1.54) is 0 Å². The molecule has 0 heterocycles. The van der Waals surface area contributed by atoms with Gasteiger partial charge in [0.15, 0.2) is 12.4 Å². The van der Waals surface area contributed by atoms with Gasteiger partial charge in [-0.05, 0) is 12.1 Å². The third kappa shape index (κ3) is 3.92. The summed E-state index contributed by atoms with van der Waals surface area (Å²) < 4.78 is 55.2. The number of benzene rings is 1. The number of esters is 1. The molecule has 0 atom stereocenters. The van der Waals surface area contributed by atoms with E-state index in [0.29, 0.717) is 12.1 Å². The van der Waals surface area contributed by atoms with Crippen LogP contribution in [0.2, 0.25) is 5.02 Å². The Morgan fingerprint density at radius 1 is 1.32 bits per heavy atom. The minimum atomic E-state index is -4.89.